The van der Waals surface area contributed by atoms with E-state index < -0.39 is 0 Å². The Morgan fingerprint density at radius 2 is 2.12 bits per heavy atom. The molecule has 1 unspecified atom stereocenters. The van der Waals surface area contributed by atoms with Crippen molar-refractivity contribution in [3.63, 3.8) is 0 Å². The predicted molar refractivity (Wildman–Crippen MR) is 92.7 cm³/mol. The molecule has 0 spiro atoms. The van der Waals surface area contributed by atoms with Crippen LogP contribution in [0.15, 0.2) is 42.7 Å². The van der Waals surface area contributed by atoms with Crippen LogP contribution in [0.1, 0.15) is 36.6 Å². The molecule has 2 aromatic rings. The van der Waals surface area contributed by atoms with Gasteiger partial charge in [0.05, 0.1) is 12.5 Å². The molecule has 1 atom stereocenters. The summed E-state index contributed by atoms with van der Waals surface area (Å²) < 4.78 is 0. The fraction of sp³-hybridized carbons (Fsp3) is 0.316. The van der Waals surface area contributed by atoms with Crippen LogP contribution in [-0.2, 0) is 22.4 Å². The normalized spacial score (nSPS) is 14.4. The number of amides is 2. The second-order valence-electron chi connectivity index (χ2n) is 6.00. The summed E-state index contributed by atoms with van der Waals surface area (Å²) >= 11 is 0. The SMILES string of the molecule is CCc1cnccc1C(C)NC(=O)CN1C(=O)Cc2ccccc21. The number of benzene rings is 1. The Balaban J connectivity index is 1.69. The smallest absolute Gasteiger partial charge is 0.240 e. The zero-order chi connectivity index (χ0) is 17.1. The van der Waals surface area contributed by atoms with E-state index in [4.69, 9.17) is 0 Å². The van der Waals surface area contributed by atoms with E-state index >= 15 is 0 Å². The molecule has 0 aliphatic carbocycles. The number of pyridine rings is 1. The van der Waals surface area contributed by atoms with Crippen molar-refractivity contribution in [2.45, 2.75) is 32.7 Å². The Bertz CT molecular complexity index is 773. The highest BCUT2D eigenvalue weighted by atomic mass is 16.2. The summed E-state index contributed by atoms with van der Waals surface area (Å²) in [4.78, 5) is 30.3. The van der Waals surface area contributed by atoms with Crippen LogP contribution in [0.5, 0.6) is 0 Å². The molecule has 5 nitrogen and oxygen atoms in total. The number of aryl methyl sites for hydroxylation is 1. The van der Waals surface area contributed by atoms with Gasteiger partial charge in [0.2, 0.25) is 11.8 Å². The van der Waals surface area contributed by atoms with Crippen LogP contribution in [0.3, 0.4) is 0 Å². The van der Waals surface area contributed by atoms with Gasteiger partial charge in [-0.2, -0.15) is 0 Å². The van der Waals surface area contributed by atoms with Gasteiger partial charge in [-0.1, -0.05) is 25.1 Å². The minimum absolute atomic E-state index is 0.0304. The van der Waals surface area contributed by atoms with Crippen LogP contribution in [0.2, 0.25) is 0 Å². The van der Waals surface area contributed by atoms with Crippen LogP contribution in [0.25, 0.3) is 0 Å². The first-order valence-corrected chi connectivity index (χ1v) is 8.20. The third-order valence-corrected chi connectivity index (χ3v) is 4.39. The topological polar surface area (TPSA) is 62.3 Å². The van der Waals surface area contributed by atoms with E-state index in [-0.39, 0.29) is 24.4 Å². The maximum Gasteiger partial charge on any atom is 0.240 e. The lowest BCUT2D eigenvalue weighted by Crippen LogP contribution is -2.40. The van der Waals surface area contributed by atoms with Gasteiger partial charge in [0.25, 0.3) is 0 Å². The lowest BCUT2D eigenvalue weighted by atomic mass is 10.0. The number of carbonyl (C=O) groups is 2. The molecule has 0 fully saturated rings. The highest BCUT2D eigenvalue weighted by Crippen LogP contribution is 2.28. The van der Waals surface area contributed by atoms with Crippen molar-refractivity contribution < 1.29 is 9.59 Å². The van der Waals surface area contributed by atoms with E-state index in [0.29, 0.717) is 6.42 Å². The average molecular weight is 323 g/mol. The molecule has 1 aliphatic heterocycles. The molecule has 1 N–H and O–H groups in total. The Labute approximate surface area is 141 Å². The van der Waals surface area contributed by atoms with Crippen molar-refractivity contribution in [3.05, 3.63) is 59.4 Å². The Morgan fingerprint density at radius 1 is 1.33 bits per heavy atom. The molecule has 0 bridgehead atoms. The van der Waals surface area contributed by atoms with Gasteiger partial charge in [-0.25, -0.2) is 0 Å². The molecule has 1 aromatic carbocycles. The summed E-state index contributed by atoms with van der Waals surface area (Å²) in [5, 5.41) is 2.99. The van der Waals surface area contributed by atoms with Gasteiger partial charge in [-0.15, -0.1) is 0 Å². The molecular weight excluding hydrogens is 302 g/mol. The predicted octanol–water partition coefficient (Wildman–Crippen LogP) is 2.41. The quantitative estimate of drug-likeness (QED) is 0.919. The summed E-state index contributed by atoms with van der Waals surface area (Å²) in [6.45, 7) is 4.06. The van der Waals surface area contributed by atoms with E-state index in [1.54, 1.807) is 11.1 Å². The Kier molecular flexibility index (Phi) is 4.60. The van der Waals surface area contributed by atoms with Crippen molar-refractivity contribution in [2.75, 3.05) is 11.4 Å². The molecule has 3 rings (SSSR count). The summed E-state index contributed by atoms with van der Waals surface area (Å²) in [5.74, 6) is -0.191. The molecule has 24 heavy (non-hydrogen) atoms. The molecule has 1 aromatic heterocycles. The van der Waals surface area contributed by atoms with Crippen LogP contribution < -0.4 is 10.2 Å². The van der Waals surface area contributed by atoms with Gasteiger partial charge >= 0.3 is 0 Å². The van der Waals surface area contributed by atoms with Crippen molar-refractivity contribution in [1.82, 2.24) is 10.3 Å². The van der Waals surface area contributed by atoms with Gasteiger partial charge in [-0.3, -0.25) is 14.6 Å². The van der Waals surface area contributed by atoms with Gasteiger partial charge in [-0.05, 0) is 42.2 Å². The number of para-hydroxylation sites is 1. The zero-order valence-electron chi connectivity index (χ0n) is 14.0. The monoisotopic (exact) mass is 323 g/mol. The minimum atomic E-state index is -0.161. The van der Waals surface area contributed by atoms with Crippen molar-refractivity contribution in [2.24, 2.45) is 0 Å². The summed E-state index contributed by atoms with van der Waals surface area (Å²) in [7, 11) is 0. The van der Waals surface area contributed by atoms with Crippen LogP contribution >= 0.6 is 0 Å². The first kappa shape index (κ1) is 16.2. The lowest BCUT2D eigenvalue weighted by molar-refractivity contribution is -0.123. The summed E-state index contributed by atoms with van der Waals surface area (Å²) in [6, 6.07) is 9.42. The van der Waals surface area contributed by atoms with E-state index in [9.17, 15) is 9.59 Å². The number of aromatic nitrogens is 1. The Morgan fingerprint density at radius 3 is 2.92 bits per heavy atom. The number of hydrogen-bond acceptors (Lipinski definition) is 3. The number of rotatable bonds is 5. The van der Waals surface area contributed by atoms with Crippen LogP contribution in [-0.4, -0.2) is 23.3 Å². The zero-order valence-corrected chi connectivity index (χ0v) is 14.0. The number of nitrogens with one attached hydrogen (secondary N) is 1. The van der Waals surface area contributed by atoms with Crippen LogP contribution in [0.4, 0.5) is 5.69 Å². The van der Waals surface area contributed by atoms with Crippen molar-refractivity contribution >= 4 is 17.5 Å². The molecule has 124 valence electrons. The molecule has 0 radical (unpaired) electrons. The Hall–Kier alpha value is -2.69. The van der Waals surface area contributed by atoms with Crippen molar-refractivity contribution in [3.8, 4) is 0 Å². The maximum atomic E-state index is 12.4. The largest absolute Gasteiger partial charge is 0.348 e. The average Bonchev–Trinajstić information content (AvgIpc) is 2.90. The molecular formula is C19H21N3O2. The van der Waals surface area contributed by atoms with E-state index in [1.165, 1.54) is 0 Å². The van der Waals surface area contributed by atoms with Gasteiger partial charge < -0.3 is 10.2 Å². The molecule has 5 heteroatoms. The number of nitrogens with zero attached hydrogens (tertiary/aromatic N) is 2. The van der Waals surface area contributed by atoms with E-state index in [2.05, 4.69) is 17.2 Å². The number of hydrogen-bond donors (Lipinski definition) is 1. The molecule has 2 heterocycles. The number of carbonyl (C=O) groups excluding carboxylic acids is 2. The highest BCUT2D eigenvalue weighted by molar-refractivity contribution is 6.04. The van der Waals surface area contributed by atoms with E-state index in [0.717, 1.165) is 28.8 Å². The highest BCUT2D eigenvalue weighted by Gasteiger charge is 2.28. The van der Waals surface area contributed by atoms with Crippen molar-refractivity contribution in [1.29, 1.82) is 0 Å². The fourth-order valence-electron chi connectivity index (χ4n) is 3.15. The van der Waals surface area contributed by atoms with Crippen LogP contribution in [0, 0.1) is 0 Å². The molecule has 2 amide bonds. The van der Waals surface area contributed by atoms with Gasteiger partial charge in [0.15, 0.2) is 0 Å². The number of anilines is 1. The van der Waals surface area contributed by atoms with E-state index in [1.807, 2.05) is 43.5 Å². The third-order valence-electron chi connectivity index (χ3n) is 4.39. The second-order valence-corrected chi connectivity index (χ2v) is 6.00. The third kappa shape index (κ3) is 3.15. The first-order chi connectivity index (χ1) is 11.6. The molecule has 0 saturated heterocycles. The van der Waals surface area contributed by atoms with Gasteiger partial charge in [0.1, 0.15) is 6.54 Å². The molecule has 0 saturated carbocycles. The first-order valence-electron chi connectivity index (χ1n) is 8.20. The second kappa shape index (κ2) is 6.83. The number of fused-ring (bicyclic) bond motifs is 1. The fourth-order valence-corrected chi connectivity index (χ4v) is 3.15. The molecule has 1 aliphatic rings. The summed E-state index contributed by atoms with van der Waals surface area (Å²) in [5.41, 5.74) is 4.00. The summed E-state index contributed by atoms with van der Waals surface area (Å²) in [6.07, 6.45) is 4.79. The maximum absolute atomic E-state index is 12.4. The lowest BCUT2D eigenvalue weighted by Gasteiger charge is -2.21. The van der Waals surface area contributed by atoms with Gasteiger partial charge in [0, 0.05) is 18.1 Å². The minimum Gasteiger partial charge on any atom is -0.348 e. The standard InChI is InChI=1S/C19H21N3O2/c1-3-14-11-20-9-8-16(14)13(2)21-18(23)12-22-17-7-5-4-6-15(17)10-19(22)24/h4-9,11,13H,3,10,12H2,1-2H3,(H,21,23).